The Labute approximate surface area is 361 Å². The molecule has 0 spiro atoms. The number of aryl methyl sites for hydroxylation is 2. The Hall–Kier alpha value is -7.57. The Morgan fingerprint density at radius 2 is 0.823 bits per heavy atom. The summed E-state index contributed by atoms with van der Waals surface area (Å²) in [6.07, 6.45) is 7.53. The van der Waals surface area contributed by atoms with Crippen LogP contribution in [0.1, 0.15) is 11.1 Å². The first-order chi connectivity index (χ1) is 30.4. The van der Waals surface area contributed by atoms with Crippen LogP contribution in [0.15, 0.2) is 183 Å². The molecule has 11 rings (SSSR count). The van der Waals surface area contributed by atoms with Crippen LogP contribution in [0, 0.1) is 13.8 Å². The van der Waals surface area contributed by atoms with Crippen LogP contribution in [0.5, 0.6) is 0 Å². The van der Waals surface area contributed by atoms with Crippen molar-refractivity contribution in [2.45, 2.75) is 27.5 Å². The van der Waals surface area contributed by atoms with Crippen molar-refractivity contribution < 1.29 is 0 Å². The van der Waals surface area contributed by atoms with Crippen molar-refractivity contribution in [1.29, 1.82) is 0 Å². The molecule has 6 aromatic carbocycles. The van der Waals surface area contributed by atoms with Gasteiger partial charge in [-0.2, -0.15) is 0 Å². The Morgan fingerprint density at radius 3 is 1.24 bits per heavy atom. The van der Waals surface area contributed by atoms with E-state index in [0.717, 1.165) is 56.2 Å². The molecule has 0 saturated carbocycles. The third-order valence-corrected chi connectivity index (χ3v) is 12.7. The molecule has 0 fully saturated rings. The van der Waals surface area contributed by atoms with Crippen molar-refractivity contribution in [2.75, 3.05) is 0 Å². The average molecular weight is 797 g/mol. The van der Waals surface area contributed by atoms with Crippen LogP contribution in [0.25, 0.3) is 77.8 Å². The largest absolute Gasteiger partial charge is 0.294 e. The summed E-state index contributed by atoms with van der Waals surface area (Å²) in [6, 6.07) is 56.7. The molecule has 0 N–H and O–H groups in total. The molecule has 0 bridgehead atoms. The fraction of sp³-hybridized carbons (Fsp3) is 0.0741. The molecule has 0 radical (unpaired) electrons. The standard InChI is InChI=1S/C54H42B2N6/c1-35-17-23-49-45(27-35)43-21-19-41(31-51(43)61(49)53-15-5-7-25-57-53)55(3)39-13-9-11-37(29-39)47-33-60-48(34-59-47)38-12-10-14-40(30-38)56(4)42-20-22-44-46-28-36(2)18-24-50(46)62(52(44)32-42)54-16-6-8-26-58-54/h5-34H,1-4H3. The van der Waals surface area contributed by atoms with E-state index >= 15 is 0 Å². The molecule has 5 aromatic heterocycles. The number of hydrogen-bond acceptors (Lipinski definition) is 4. The minimum Gasteiger partial charge on any atom is -0.294 e. The van der Waals surface area contributed by atoms with Gasteiger partial charge in [-0.05, 0) is 74.5 Å². The second-order valence-corrected chi connectivity index (χ2v) is 16.6. The summed E-state index contributed by atoms with van der Waals surface area (Å²) in [6.45, 7) is 9.16. The lowest BCUT2D eigenvalue weighted by Gasteiger charge is -2.13. The van der Waals surface area contributed by atoms with Crippen LogP contribution in [-0.2, 0) is 0 Å². The maximum atomic E-state index is 4.97. The maximum Gasteiger partial charge on any atom is 0.206 e. The van der Waals surface area contributed by atoms with Crippen LogP contribution in [0.3, 0.4) is 0 Å². The molecule has 0 aliphatic heterocycles. The number of aromatic nitrogens is 6. The summed E-state index contributed by atoms with van der Waals surface area (Å²) in [4.78, 5) is 19.4. The average Bonchev–Trinajstić information content (AvgIpc) is 3.82. The van der Waals surface area contributed by atoms with Gasteiger partial charge in [0.1, 0.15) is 11.6 Å². The quantitative estimate of drug-likeness (QED) is 0.144. The fourth-order valence-electron chi connectivity index (χ4n) is 9.25. The summed E-state index contributed by atoms with van der Waals surface area (Å²) in [5.74, 6) is 1.83. The van der Waals surface area contributed by atoms with Crippen molar-refractivity contribution in [3.8, 4) is 34.2 Å². The highest BCUT2D eigenvalue weighted by molar-refractivity contribution is 6.84. The Bertz CT molecular complexity index is 3240. The van der Waals surface area contributed by atoms with Gasteiger partial charge in [0.25, 0.3) is 0 Å². The van der Waals surface area contributed by atoms with Gasteiger partial charge in [0.15, 0.2) is 0 Å². The molecule has 0 atom stereocenters. The molecule has 294 valence electrons. The normalized spacial score (nSPS) is 11.5. The van der Waals surface area contributed by atoms with Crippen LogP contribution in [-0.4, -0.2) is 42.5 Å². The van der Waals surface area contributed by atoms with E-state index in [0.29, 0.717) is 0 Å². The van der Waals surface area contributed by atoms with Crippen LogP contribution < -0.4 is 21.9 Å². The van der Waals surface area contributed by atoms with Gasteiger partial charge in [0, 0.05) is 45.1 Å². The summed E-state index contributed by atoms with van der Waals surface area (Å²) >= 11 is 0. The Kier molecular flexibility index (Phi) is 9.15. The topological polar surface area (TPSA) is 61.4 Å². The molecule has 0 unspecified atom stereocenters. The van der Waals surface area contributed by atoms with Crippen molar-refractivity contribution in [3.63, 3.8) is 0 Å². The third-order valence-electron chi connectivity index (χ3n) is 12.7. The summed E-state index contributed by atoms with van der Waals surface area (Å²) in [7, 11) is 0. The van der Waals surface area contributed by atoms with Crippen LogP contribution in [0.2, 0.25) is 13.6 Å². The Balaban J connectivity index is 0.877. The summed E-state index contributed by atoms with van der Waals surface area (Å²) in [5, 5.41) is 4.94. The minimum absolute atomic E-state index is 0.150. The van der Waals surface area contributed by atoms with Gasteiger partial charge in [-0.3, -0.25) is 19.1 Å². The molecule has 0 aliphatic rings. The SMILES string of the molecule is CB(c1cccc(-c2cnc(-c3cccc(B(C)c4ccc5c6cc(C)ccc6n(-c6ccccn6)c5c4)c3)cn2)c1)c1ccc2c3cc(C)ccc3n(-c3ccccn3)c2c1. The van der Waals surface area contributed by atoms with E-state index in [1.165, 1.54) is 54.5 Å². The van der Waals surface area contributed by atoms with Crippen molar-refractivity contribution in [1.82, 2.24) is 29.1 Å². The second-order valence-electron chi connectivity index (χ2n) is 16.6. The van der Waals surface area contributed by atoms with E-state index in [9.17, 15) is 0 Å². The first kappa shape index (κ1) is 37.4. The molecule has 62 heavy (non-hydrogen) atoms. The number of benzene rings is 6. The first-order valence-electron chi connectivity index (χ1n) is 21.3. The summed E-state index contributed by atoms with van der Waals surface area (Å²) < 4.78 is 4.57. The molecular weight excluding hydrogens is 754 g/mol. The number of pyridine rings is 2. The smallest absolute Gasteiger partial charge is 0.206 e. The molecule has 0 saturated heterocycles. The van der Waals surface area contributed by atoms with E-state index < -0.39 is 0 Å². The predicted molar refractivity (Wildman–Crippen MR) is 261 cm³/mol. The number of nitrogens with zero attached hydrogens (tertiary/aromatic N) is 6. The van der Waals surface area contributed by atoms with Crippen molar-refractivity contribution in [3.05, 3.63) is 194 Å². The van der Waals surface area contributed by atoms with Gasteiger partial charge < -0.3 is 0 Å². The van der Waals surface area contributed by atoms with Crippen molar-refractivity contribution >= 4 is 78.9 Å². The number of rotatable bonds is 8. The lowest BCUT2D eigenvalue weighted by molar-refractivity contribution is 1.08. The molecule has 0 amide bonds. The monoisotopic (exact) mass is 796 g/mol. The van der Waals surface area contributed by atoms with Crippen LogP contribution in [0.4, 0.5) is 0 Å². The number of hydrogen-bond donors (Lipinski definition) is 0. The highest BCUT2D eigenvalue weighted by atomic mass is 15.1. The van der Waals surface area contributed by atoms with Gasteiger partial charge >= 0.3 is 0 Å². The highest BCUT2D eigenvalue weighted by Gasteiger charge is 2.21. The predicted octanol–water partition coefficient (Wildman–Crippen LogP) is 9.89. The summed E-state index contributed by atoms with van der Waals surface area (Å²) in [5.41, 5.74) is 15.8. The molecule has 5 heterocycles. The second kappa shape index (κ2) is 15.2. The number of fused-ring (bicyclic) bond motifs is 6. The van der Waals surface area contributed by atoms with Gasteiger partial charge in [-0.1, -0.05) is 144 Å². The highest BCUT2D eigenvalue weighted by Crippen LogP contribution is 2.33. The zero-order valence-corrected chi connectivity index (χ0v) is 35.2. The van der Waals surface area contributed by atoms with Gasteiger partial charge in [-0.15, -0.1) is 0 Å². The molecule has 8 heteroatoms. The third kappa shape index (κ3) is 6.47. The van der Waals surface area contributed by atoms with Gasteiger partial charge in [-0.25, -0.2) is 9.97 Å². The minimum atomic E-state index is 0.150. The Morgan fingerprint density at radius 1 is 0.371 bits per heavy atom. The fourth-order valence-corrected chi connectivity index (χ4v) is 9.25. The van der Waals surface area contributed by atoms with E-state index in [2.05, 4.69) is 170 Å². The zero-order chi connectivity index (χ0) is 41.9. The first-order valence-corrected chi connectivity index (χ1v) is 21.3. The molecular formula is C54H42B2N6. The lowest BCUT2D eigenvalue weighted by Crippen LogP contribution is -2.39. The molecule has 11 aromatic rings. The van der Waals surface area contributed by atoms with E-state index in [1.807, 2.05) is 49.1 Å². The maximum absolute atomic E-state index is 4.97. The molecule has 6 nitrogen and oxygen atoms in total. The van der Waals surface area contributed by atoms with E-state index in [4.69, 9.17) is 19.9 Å². The van der Waals surface area contributed by atoms with Gasteiger partial charge in [0.05, 0.1) is 45.8 Å². The van der Waals surface area contributed by atoms with E-state index in [-0.39, 0.29) is 13.4 Å². The van der Waals surface area contributed by atoms with E-state index in [1.54, 1.807) is 0 Å². The van der Waals surface area contributed by atoms with Crippen molar-refractivity contribution in [2.24, 2.45) is 0 Å². The lowest BCUT2D eigenvalue weighted by atomic mass is 9.42. The van der Waals surface area contributed by atoms with Crippen LogP contribution >= 0.6 is 0 Å². The molecule has 0 aliphatic carbocycles. The zero-order valence-electron chi connectivity index (χ0n) is 35.2. The van der Waals surface area contributed by atoms with Gasteiger partial charge in [0.2, 0.25) is 13.4 Å².